The molecule has 6 nitrogen and oxygen atoms in total. The first kappa shape index (κ1) is 18.1. The number of rotatable bonds is 8. The summed E-state index contributed by atoms with van der Waals surface area (Å²) in [4.78, 5) is 42.9. The van der Waals surface area contributed by atoms with Crippen molar-refractivity contribution < 1.29 is 19.2 Å². The Bertz CT molecular complexity index is 308. The van der Waals surface area contributed by atoms with E-state index in [-0.39, 0.29) is 30.2 Å². The van der Waals surface area contributed by atoms with Crippen LogP contribution in [0.4, 0.5) is 0 Å². The Hall–Kier alpha value is -0.923. The van der Waals surface area contributed by atoms with Crippen molar-refractivity contribution in [1.82, 2.24) is 10.6 Å². The molecule has 0 aromatic rings. The third kappa shape index (κ3) is 7.96. The van der Waals surface area contributed by atoms with Gasteiger partial charge in [-0.1, -0.05) is 13.8 Å². The van der Waals surface area contributed by atoms with Gasteiger partial charge in [0.05, 0.1) is 5.67 Å². The molecule has 2 amide bonds. The van der Waals surface area contributed by atoms with Crippen molar-refractivity contribution in [3.8, 4) is 0 Å². The van der Waals surface area contributed by atoms with Crippen LogP contribution in [0.15, 0.2) is 0 Å². The smallest absolute Gasteiger partial charge is 0.356 e. The SMILES string of the molecule is CCNC(=O)CC[Si](O)(O)C(CC(C)C)NC(C)=O. The molecular formula is C12H26N2O4Si. The Labute approximate surface area is 115 Å². The maximum Gasteiger partial charge on any atom is 0.356 e. The van der Waals surface area contributed by atoms with Gasteiger partial charge < -0.3 is 20.2 Å². The van der Waals surface area contributed by atoms with Gasteiger partial charge in [-0.25, -0.2) is 0 Å². The molecule has 0 bridgehead atoms. The molecule has 0 aliphatic rings. The van der Waals surface area contributed by atoms with Crippen molar-refractivity contribution in [2.45, 2.75) is 52.2 Å². The van der Waals surface area contributed by atoms with Gasteiger partial charge in [-0.3, -0.25) is 9.59 Å². The first-order chi connectivity index (χ1) is 8.69. The van der Waals surface area contributed by atoms with E-state index in [1.54, 1.807) is 6.92 Å². The van der Waals surface area contributed by atoms with Crippen LogP contribution < -0.4 is 10.6 Å². The molecule has 112 valence electrons. The highest BCUT2D eigenvalue weighted by Gasteiger charge is 2.40. The maximum atomic E-state index is 11.4. The van der Waals surface area contributed by atoms with Crippen molar-refractivity contribution in [1.29, 1.82) is 0 Å². The van der Waals surface area contributed by atoms with E-state index in [0.717, 1.165) is 0 Å². The second kappa shape index (κ2) is 8.29. The van der Waals surface area contributed by atoms with Gasteiger partial charge in [-0.15, -0.1) is 0 Å². The summed E-state index contributed by atoms with van der Waals surface area (Å²) in [6.07, 6.45) is 0.565. The molecule has 1 unspecified atom stereocenters. The molecule has 0 saturated carbocycles. The molecule has 7 heteroatoms. The van der Waals surface area contributed by atoms with Crippen molar-refractivity contribution in [3.63, 3.8) is 0 Å². The van der Waals surface area contributed by atoms with Gasteiger partial charge >= 0.3 is 8.56 Å². The first-order valence-electron chi connectivity index (χ1n) is 6.67. The van der Waals surface area contributed by atoms with E-state index >= 15 is 0 Å². The summed E-state index contributed by atoms with van der Waals surface area (Å²) in [6.45, 7) is 7.57. The maximum absolute atomic E-state index is 11.4. The number of hydrogen-bond acceptors (Lipinski definition) is 4. The van der Waals surface area contributed by atoms with Crippen LogP contribution in [0.5, 0.6) is 0 Å². The molecule has 0 aliphatic carbocycles. The zero-order valence-corrected chi connectivity index (χ0v) is 13.2. The number of nitrogens with one attached hydrogen (secondary N) is 2. The minimum atomic E-state index is -3.64. The summed E-state index contributed by atoms with van der Waals surface area (Å²) >= 11 is 0. The van der Waals surface area contributed by atoms with Crippen LogP contribution in [0, 0.1) is 5.92 Å². The van der Waals surface area contributed by atoms with E-state index in [1.165, 1.54) is 6.92 Å². The van der Waals surface area contributed by atoms with E-state index in [0.29, 0.717) is 13.0 Å². The van der Waals surface area contributed by atoms with E-state index in [4.69, 9.17) is 0 Å². The lowest BCUT2D eigenvalue weighted by atomic mass is 10.1. The van der Waals surface area contributed by atoms with Crippen LogP contribution in [0.1, 0.15) is 40.5 Å². The highest BCUT2D eigenvalue weighted by molar-refractivity contribution is 6.66. The third-order valence-corrected chi connectivity index (χ3v) is 5.22. The summed E-state index contributed by atoms with van der Waals surface area (Å²) in [5.74, 6) is -0.260. The second-order valence-electron chi connectivity index (χ2n) is 5.21. The molecule has 19 heavy (non-hydrogen) atoms. The summed E-state index contributed by atoms with van der Waals surface area (Å²) < 4.78 is 0. The Balaban J connectivity index is 4.57. The molecule has 0 aliphatic heterocycles. The average Bonchev–Trinajstić information content (AvgIpc) is 2.25. The molecule has 0 saturated heterocycles. The van der Waals surface area contributed by atoms with Crippen molar-refractivity contribution >= 4 is 20.4 Å². The number of amides is 2. The lowest BCUT2D eigenvalue weighted by Crippen LogP contribution is -2.57. The van der Waals surface area contributed by atoms with E-state index < -0.39 is 14.2 Å². The van der Waals surface area contributed by atoms with Gasteiger partial charge in [-0.2, -0.15) is 0 Å². The predicted molar refractivity (Wildman–Crippen MR) is 75.4 cm³/mol. The largest absolute Gasteiger partial charge is 0.409 e. The Morgan fingerprint density at radius 2 is 1.84 bits per heavy atom. The van der Waals surface area contributed by atoms with Gasteiger partial charge in [-0.05, 0) is 19.3 Å². The van der Waals surface area contributed by atoms with Crippen LogP contribution in [0.2, 0.25) is 6.04 Å². The van der Waals surface area contributed by atoms with Gasteiger partial charge in [0.1, 0.15) is 0 Å². The molecule has 4 N–H and O–H groups in total. The molecule has 0 aromatic heterocycles. The van der Waals surface area contributed by atoms with Gasteiger partial charge in [0.2, 0.25) is 11.8 Å². The summed E-state index contributed by atoms with van der Waals surface area (Å²) in [5, 5.41) is 5.21. The van der Waals surface area contributed by atoms with Crippen LogP contribution in [0.25, 0.3) is 0 Å². The Morgan fingerprint density at radius 3 is 2.26 bits per heavy atom. The number of carbonyl (C=O) groups is 2. The van der Waals surface area contributed by atoms with Gasteiger partial charge in [0.15, 0.2) is 0 Å². The average molecular weight is 290 g/mol. The van der Waals surface area contributed by atoms with Crippen molar-refractivity contribution in [2.75, 3.05) is 6.54 Å². The normalized spacial score (nSPS) is 13.2. The van der Waals surface area contributed by atoms with E-state index in [2.05, 4.69) is 10.6 Å². The van der Waals surface area contributed by atoms with Gasteiger partial charge in [0.25, 0.3) is 0 Å². The summed E-state index contributed by atoms with van der Waals surface area (Å²) in [6, 6.07) is 0.0243. The molecule has 0 heterocycles. The van der Waals surface area contributed by atoms with E-state index in [9.17, 15) is 19.2 Å². The van der Waals surface area contributed by atoms with Crippen LogP contribution in [0.3, 0.4) is 0 Å². The monoisotopic (exact) mass is 290 g/mol. The lowest BCUT2D eigenvalue weighted by molar-refractivity contribution is -0.120. The predicted octanol–water partition coefficient (Wildman–Crippen LogP) is 0.0294. The highest BCUT2D eigenvalue weighted by atomic mass is 28.4. The zero-order valence-electron chi connectivity index (χ0n) is 12.2. The minimum absolute atomic E-state index is 0.0243. The summed E-state index contributed by atoms with van der Waals surface area (Å²) in [7, 11) is -3.64. The molecule has 0 rings (SSSR count). The third-order valence-electron chi connectivity index (χ3n) is 2.74. The Kier molecular flexibility index (Phi) is 7.89. The molecular weight excluding hydrogens is 264 g/mol. The second-order valence-corrected chi connectivity index (χ2v) is 8.17. The molecule has 0 fully saturated rings. The summed E-state index contributed by atoms with van der Waals surface area (Å²) in [5.41, 5.74) is -0.639. The van der Waals surface area contributed by atoms with E-state index in [1.807, 2.05) is 13.8 Å². The molecule has 0 aromatic carbocycles. The number of carbonyl (C=O) groups excluding carboxylic acids is 2. The molecule has 0 spiro atoms. The fraction of sp³-hybridized carbons (Fsp3) is 0.833. The van der Waals surface area contributed by atoms with Crippen molar-refractivity contribution in [3.05, 3.63) is 0 Å². The number of hydrogen-bond donors (Lipinski definition) is 4. The fourth-order valence-electron chi connectivity index (χ4n) is 1.84. The van der Waals surface area contributed by atoms with Crippen molar-refractivity contribution in [2.24, 2.45) is 5.92 Å². The van der Waals surface area contributed by atoms with Crippen LogP contribution in [-0.2, 0) is 9.59 Å². The lowest BCUT2D eigenvalue weighted by Gasteiger charge is -2.29. The first-order valence-corrected chi connectivity index (χ1v) is 8.85. The Morgan fingerprint density at radius 1 is 1.26 bits per heavy atom. The molecule has 0 radical (unpaired) electrons. The van der Waals surface area contributed by atoms with Crippen LogP contribution >= 0.6 is 0 Å². The van der Waals surface area contributed by atoms with Gasteiger partial charge in [0, 0.05) is 25.9 Å². The zero-order chi connectivity index (χ0) is 15.1. The fourth-order valence-corrected chi connectivity index (χ4v) is 4.06. The molecule has 1 atom stereocenters. The quantitative estimate of drug-likeness (QED) is 0.474. The standard InChI is InChI=1S/C12H26N2O4Si/c1-5-13-11(16)6-7-19(17,18)12(8-9(2)3)14-10(4)15/h9,12,17-18H,5-8H2,1-4H3,(H,13,16)(H,14,15). The van der Waals surface area contributed by atoms with Crippen LogP contribution in [-0.4, -0.2) is 42.2 Å². The highest BCUT2D eigenvalue weighted by Crippen LogP contribution is 2.17. The topological polar surface area (TPSA) is 98.7 Å². The minimum Gasteiger partial charge on any atom is -0.409 e.